The molecule has 0 bridgehead atoms. The number of nitrogens with one attached hydrogen (secondary N) is 2. The molecule has 1 aliphatic rings. The summed E-state index contributed by atoms with van der Waals surface area (Å²) >= 11 is 0. The molecule has 0 spiro atoms. The van der Waals surface area contributed by atoms with Crippen LogP contribution < -0.4 is 10.6 Å². The van der Waals surface area contributed by atoms with Gasteiger partial charge in [0, 0.05) is 31.1 Å². The third-order valence-electron chi connectivity index (χ3n) is 3.38. The Morgan fingerprint density at radius 1 is 1.45 bits per heavy atom. The number of hydrogen-bond acceptors (Lipinski definition) is 4. The van der Waals surface area contributed by atoms with Crippen LogP contribution in [0.15, 0.2) is 36.8 Å². The predicted molar refractivity (Wildman–Crippen MR) is 75.6 cm³/mol. The van der Waals surface area contributed by atoms with Crippen molar-refractivity contribution in [2.24, 2.45) is 0 Å². The first kappa shape index (κ1) is 12.8. The Balaban J connectivity index is 1.72. The Morgan fingerprint density at radius 3 is 3.15 bits per heavy atom. The molecule has 104 valence electrons. The molecule has 0 aliphatic carbocycles. The van der Waals surface area contributed by atoms with Gasteiger partial charge < -0.3 is 10.6 Å². The molecule has 1 aliphatic heterocycles. The third-order valence-corrected chi connectivity index (χ3v) is 3.38. The van der Waals surface area contributed by atoms with Gasteiger partial charge in [-0.1, -0.05) is 0 Å². The Kier molecular flexibility index (Phi) is 3.73. The zero-order valence-electron chi connectivity index (χ0n) is 11.1. The molecule has 2 aromatic rings. The fourth-order valence-electron chi connectivity index (χ4n) is 2.43. The maximum atomic E-state index is 12.1. The number of carbonyl (C=O) groups excluding carboxylic acids is 1. The van der Waals surface area contributed by atoms with Gasteiger partial charge >= 0.3 is 0 Å². The molecular formula is C14H17N5O. The predicted octanol–water partition coefficient (Wildman–Crippen LogP) is 1.35. The van der Waals surface area contributed by atoms with Gasteiger partial charge in [0.05, 0.1) is 5.69 Å². The van der Waals surface area contributed by atoms with Gasteiger partial charge in [-0.3, -0.25) is 4.79 Å². The molecule has 2 N–H and O–H groups in total. The van der Waals surface area contributed by atoms with E-state index in [2.05, 4.69) is 20.7 Å². The average Bonchev–Trinajstić information content (AvgIpc) is 3.11. The highest BCUT2D eigenvalue weighted by Gasteiger charge is 2.18. The molecule has 1 atom stereocenters. The molecule has 1 saturated heterocycles. The summed E-state index contributed by atoms with van der Waals surface area (Å²) in [7, 11) is 0. The highest BCUT2D eigenvalue weighted by atomic mass is 16.1. The lowest BCUT2D eigenvalue weighted by Crippen LogP contribution is -2.27. The van der Waals surface area contributed by atoms with Crippen molar-refractivity contribution in [3.8, 4) is 5.82 Å². The van der Waals surface area contributed by atoms with Crippen LogP contribution in [-0.4, -0.2) is 33.3 Å². The second kappa shape index (κ2) is 5.83. The lowest BCUT2D eigenvalue weighted by molar-refractivity contribution is -0.116. The number of aromatic nitrogens is 3. The van der Waals surface area contributed by atoms with E-state index in [-0.39, 0.29) is 5.91 Å². The van der Waals surface area contributed by atoms with Crippen LogP contribution >= 0.6 is 0 Å². The van der Waals surface area contributed by atoms with E-state index in [9.17, 15) is 4.79 Å². The van der Waals surface area contributed by atoms with Gasteiger partial charge in [-0.2, -0.15) is 5.10 Å². The molecule has 1 amide bonds. The van der Waals surface area contributed by atoms with Crippen LogP contribution in [0.2, 0.25) is 0 Å². The number of carbonyl (C=O) groups is 1. The molecule has 0 saturated carbocycles. The van der Waals surface area contributed by atoms with E-state index in [0.717, 1.165) is 19.4 Å². The monoisotopic (exact) mass is 271 g/mol. The normalized spacial score (nSPS) is 18.1. The highest BCUT2D eigenvalue weighted by molar-refractivity contribution is 5.92. The Bertz CT molecular complexity index is 575. The number of rotatable bonds is 4. The molecule has 20 heavy (non-hydrogen) atoms. The van der Waals surface area contributed by atoms with E-state index in [4.69, 9.17) is 0 Å². The van der Waals surface area contributed by atoms with Crippen molar-refractivity contribution in [1.82, 2.24) is 20.1 Å². The van der Waals surface area contributed by atoms with Crippen LogP contribution in [0.5, 0.6) is 0 Å². The van der Waals surface area contributed by atoms with Gasteiger partial charge in [0.25, 0.3) is 0 Å². The van der Waals surface area contributed by atoms with Crippen LogP contribution in [0.3, 0.4) is 0 Å². The maximum absolute atomic E-state index is 12.1. The van der Waals surface area contributed by atoms with Crippen molar-refractivity contribution < 1.29 is 4.79 Å². The fourth-order valence-corrected chi connectivity index (χ4v) is 2.43. The highest BCUT2D eigenvalue weighted by Crippen LogP contribution is 2.17. The minimum absolute atomic E-state index is 0.00538. The summed E-state index contributed by atoms with van der Waals surface area (Å²) in [6.07, 6.45) is 7.87. The lowest BCUT2D eigenvalue weighted by Gasteiger charge is -2.12. The van der Waals surface area contributed by atoms with Crippen LogP contribution in [0.4, 0.5) is 5.69 Å². The van der Waals surface area contributed by atoms with E-state index in [1.54, 1.807) is 29.3 Å². The molecule has 2 aromatic heterocycles. The summed E-state index contributed by atoms with van der Waals surface area (Å²) in [6, 6.07) is 5.75. The Labute approximate surface area is 117 Å². The summed E-state index contributed by atoms with van der Waals surface area (Å²) in [5, 5.41) is 10.4. The average molecular weight is 271 g/mol. The quantitative estimate of drug-likeness (QED) is 0.880. The first-order valence-corrected chi connectivity index (χ1v) is 6.81. The smallest absolute Gasteiger partial charge is 0.226 e. The summed E-state index contributed by atoms with van der Waals surface area (Å²) in [5.41, 5.74) is 0.680. The molecule has 6 heteroatoms. The van der Waals surface area contributed by atoms with Gasteiger partial charge in [0.2, 0.25) is 5.91 Å². The number of amides is 1. The standard InChI is InChI=1S/C14H17N5O/c20-13(10-11-4-1-6-15-11)18-12-5-2-7-16-14(12)19-9-3-8-17-19/h2-3,5,7-9,11,15H,1,4,6,10H2,(H,18,20). The van der Waals surface area contributed by atoms with Crippen molar-refractivity contribution in [2.45, 2.75) is 25.3 Å². The maximum Gasteiger partial charge on any atom is 0.226 e. The van der Waals surface area contributed by atoms with E-state index in [1.807, 2.05) is 12.1 Å². The molecule has 1 unspecified atom stereocenters. The molecule has 6 nitrogen and oxygen atoms in total. The first-order valence-electron chi connectivity index (χ1n) is 6.81. The molecular weight excluding hydrogens is 254 g/mol. The number of pyridine rings is 1. The van der Waals surface area contributed by atoms with Crippen molar-refractivity contribution in [3.63, 3.8) is 0 Å². The van der Waals surface area contributed by atoms with Crippen LogP contribution in [-0.2, 0) is 4.79 Å². The Hall–Kier alpha value is -2.21. The number of nitrogens with zero attached hydrogens (tertiary/aromatic N) is 3. The second-order valence-corrected chi connectivity index (χ2v) is 4.87. The van der Waals surface area contributed by atoms with Crippen molar-refractivity contribution in [3.05, 3.63) is 36.8 Å². The van der Waals surface area contributed by atoms with Crippen molar-refractivity contribution in [2.75, 3.05) is 11.9 Å². The summed E-state index contributed by atoms with van der Waals surface area (Å²) in [4.78, 5) is 16.4. The largest absolute Gasteiger partial charge is 0.323 e. The molecule has 0 aromatic carbocycles. The minimum atomic E-state index is 0.00538. The van der Waals surface area contributed by atoms with Crippen LogP contribution in [0.1, 0.15) is 19.3 Å². The Morgan fingerprint density at radius 2 is 2.40 bits per heavy atom. The second-order valence-electron chi connectivity index (χ2n) is 4.87. The summed E-state index contributed by atoms with van der Waals surface area (Å²) in [5.74, 6) is 0.635. The molecule has 3 heterocycles. The van der Waals surface area contributed by atoms with E-state index < -0.39 is 0 Å². The topological polar surface area (TPSA) is 71.8 Å². The summed E-state index contributed by atoms with van der Waals surface area (Å²) in [6.45, 7) is 1.00. The number of hydrogen-bond donors (Lipinski definition) is 2. The zero-order chi connectivity index (χ0) is 13.8. The molecule has 3 rings (SSSR count). The fraction of sp³-hybridized carbons (Fsp3) is 0.357. The van der Waals surface area contributed by atoms with E-state index in [1.165, 1.54) is 0 Å². The van der Waals surface area contributed by atoms with Gasteiger partial charge in [0.15, 0.2) is 5.82 Å². The molecule has 0 radical (unpaired) electrons. The van der Waals surface area contributed by atoms with Gasteiger partial charge in [-0.15, -0.1) is 0 Å². The van der Waals surface area contributed by atoms with Crippen molar-refractivity contribution >= 4 is 11.6 Å². The van der Waals surface area contributed by atoms with Gasteiger partial charge in [-0.05, 0) is 37.6 Å². The molecule has 1 fully saturated rings. The number of anilines is 1. The van der Waals surface area contributed by atoms with Crippen LogP contribution in [0.25, 0.3) is 5.82 Å². The zero-order valence-corrected chi connectivity index (χ0v) is 11.1. The minimum Gasteiger partial charge on any atom is -0.323 e. The SMILES string of the molecule is O=C(CC1CCCN1)Nc1cccnc1-n1cccn1. The summed E-state index contributed by atoms with van der Waals surface area (Å²) < 4.78 is 1.64. The van der Waals surface area contributed by atoms with Crippen molar-refractivity contribution in [1.29, 1.82) is 0 Å². The van der Waals surface area contributed by atoms with Gasteiger partial charge in [-0.25, -0.2) is 9.67 Å². The van der Waals surface area contributed by atoms with Crippen LogP contribution in [0, 0.1) is 0 Å². The van der Waals surface area contributed by atoms with E-state index >= 15 is 0 Å². The van der Waals surface area contributed by atoms with E-state index in [0.29, 0.717) is 24.0 Å². The van der Waals surface area contributed by atoms with Gasteiger partial charge in [0.1, 0.15) is 0 Å². The lowest BCUT2D eigenvalue weighted by atomic mass is 10.1. The third kappa shape index (κ3) is 2.85. The first-order chi connectivity index (χ1) is 9.83.